The molecule has 0 bridgehead atoms. The summed E-state index contributed by atoms with van der Waals surface area (Å²) in [5.74, 6) is -0.862. The first kappa shape index (κ1) is 24.9. The summed E-state index contributed by atoms with van der Waals surface area (Å²) in [4.78, 5) is 24.4. The van der Waals surface area contributed by atoms with Crippen molar-refractivity contribution in [1.29, 1.82) is 0 Å². The third-order valence-electron chi connectivity index (χ3n) is 5.46. The zero-order chi connectivity index (χ0) is 22.7. The van der Waals surface area contributed by atoms with Crippen LogP contribution in [0.25, 0.3) is 0 Å². The molecule has 1 unspecified atom stereocenters. The molecule has 1 fully saturated rings. The topological polar surface area (TPSA) is 85.9 Å². The van der Waals surface area contributed by atoms with Crippen molar-refractivity contribution in [1.82, 2.24) is 10.6 Å². The van der Waals surface area contributed by atoms with Crippen molar-refractivity contribution in [3.63, 3.8) is 0 Å². The molecule has 166 valence electrons. The number of amides is 2. The first-order valence-electron chi connectivity index (χ1n) is 9.69. The second kappa shape index (κ2) is 9.45. The fourth-order valence-corrected chi connectivity index (χ4v) is 3.69. The van der Waals surface area contributed by atoms with E-state index in [2.05, 4.69) is 10.6 Å². The summed E-state index contributed by atoms with van der Waals surface area (Å²) in [5, 5.41) is 5.87. The lowest BCUT2D eigenvalue weighted by Crippen LogP contribution is -2.49. The number of benzene rings is 1. The molecule has 0 spiro atoms. The number of methoxy groups -OCH3 is 1. The molecule has 1 atom stereocenters. The van der Waals surface area contributed by atoms with Gasteiger partial charge in [-0.2, -0.15) is 0 Å². The van der Waals surface area contributed by atoms with Crippen LogP contribution in [0, 0.1) is 0 Å². The van der Waals surface area contributed by atoms with E-state index in [1.54, 1.807) is 13.2 Å². The van der Waals surface area contributed by atoms with Gasteiger partial charge in [0.25, 0.3) is 5.91 Å². The number of carbonyl (C=O) groups is 2. The summed E-state index contributed by atoms with van der Waals surface area (Å²) in [6.45, 7) is 9.64. The summed E-state index contributed by atoms with van der Waals surface area (Å²) in [6, 6.07) is 4.55. The predicted molar refractivity (Wildman–Crippen MR) is 118 cm³/mol. The molecule has 1 aliphatic rings. The molecule has 0 radical (unpaired) electrons. The fraction of sp³-hybridized carbons (Fsp3) is 0.600. The quantitative estimate of drug-likeness (QED) is 0.584. The average Bonchev–Trinajstić information content (AvgIpc) is 2.87. The van der Waals surface area contributed by atoms with Crippen molar-refractivity contribution in [2.45, 2.75) is 57.8 Å². The molecule has 30 heavy (non-hydrogen) atoms. The van der Waals surface area contributed by atoms with Gasteiger partial charge in [-0.3, -0.25) is 9.59 Å². The number of carbonyl (C=O) groups excluding carboxylic acids is 2. The van der Waals surface area contributed by atoms with Gasteiger partial charge in [-0.1, -0.05) is 23.2 Å². The number of ether oxygens (including phenoxy) is 1. The zero-order valence-electron chi connectivity index (χ0n) is 18.2. The Morgan fingerprint density at radius 2 is 1.83 bits per heavy atom. The molecule has 10 heteroatoms. The Bertz CT molecular complexity index is 805. The molecule has 1 aromatic carbocycles. The minimum Gasteiger partial charge on any atom is -0.402 e. The lowest BCUT2D eigenvalue weighted by molar-refractivity contribution is -0.119. The highest BCUT2D eigenvalue weighted by Gasteiger charge is 2.55. The second-order valence-corrected chi connectivity index (χ2v) is 9.50. The van der Waals surface area contributed by atoms with Gasteiger partial charge in [0.2, 0.25) is 5.91 Å². The molecule has 2 rings (SSSR count). The van der Waals surface area contributed by atoms with E-state index < -0.39 is 24.2 Å². The van der Waals surface area contributed by atoms with E-state index in [-0.39, 0.29) is 35.1 Å². The van der Waals surface area contributed by atoms with Gasteiger partial charge in [-0.25, -0.2) is 0 Å². The number of hydrogen-bond acceptors (Lipinski definition) is 5. The molecule has 1 saturated heterocycles. The highest BCUT2D eigenvalue weighted by atomic mass is 35.5. The maximum Gasteiger partial charge on any atom is 0.478 e. The van der Waals surface area contributed by atoms with Crippen molar-refractivity contribution in [2.24, 2.45) is 0 Å². The molecule has 0 saturated carbocycles. The summed E-state index contributed by atoms with van der Waals surface area (Å²) >= 11 is 11.9. The van der Waals surface area contributed by atoms with Crippen molar-refractivity contribution < 1.29 is 23.6 Å². The van der Waals surface area contributed by atoms with E-state index in [0.717, 1.165) is 0 Å². The first-order valence-corrected chi connectivity index (χ1v) is 10.4. The highest BCUT2D eigenvalue weighted by Crippen LogP contribution is 2.42. The summed E-state index contributed by atoms with van der Waals surface area (Å²) in [7, 11) is 1.05. The normalized spacial score (nSPS) is 20.9. The molecule has 1 aromatic rings. The summed E-state index contributed by atoms with van der Waals surface area (Å²) in [6.07, 6.45) is 0.767. The van der Waals surface area contributed by atoms with Crippen LogP contribution in [-0.2, 0) is 18.8 Å². The van der Waals surface area contributed by atoms with Crippen LogP contribution in [0.4, 0.5) is 0 Å². The van der Waals surface area contributed by atoms with E-state index in [0.29, 0.717) is 11.4 Å². The van der Waals surface area contributed by atoms with Gasteiger partial charge in [0, 0.05) is 18.6 Å². The van der Waals surface area contributed by atoms with Crippen LogP contribution < -0.4 is 10.6 Å². The van der Waals surface area contributed by atoms with Gasteiger partial charge in [0.15, 0.2) is 0 Å². The number of halogens is 2. The Morgan fingerprint density at radius 3 is 2.47 bits per heavy atom. The Hall–Kier alpha value is -1.32. The Morgan fingerprint density at radius 1 is 1.17 bits per heavy atom. The molecular weight excluding hydrogens is 430 g/mol. The Kier molecular flexibility index (Phi) is 7.86. The van der Waals surface area contributed by atoms with Crippen LogP contribution >= 0.6 is 23.2 Å². The standard InChI is InChI=1S/C20H29BCl2N2O5/c1-18(2,28-6)11-20(5)19(3,4)29-21(30-20)12-25-16(26)10-24-17(27)14-9-13(22)7-8-15(14)23/h7-9H,10-12H2,1-6H3,(H,24,27)(H,25,26). The lowest BCUT2D eigenvalue weighted by atomic mass is 9.79. The minimum absolute atomic E-state index is 0.152. The van der Waals surface area contributed by atoms with Gasteiger partial charge in [0.1, 0.15) is 0 Å². The van der Waals surface area contributed by atoms with Crippen molar-refractivity contribution in [3.05, 3.63) is 33.8 Å². The number of hydrogen-bond donors (Lipinski definition) is 2. The largest absolute Gasteiger partial charge is 0.478 e. The van der Waals surface area contributed by atoms with Gasteiger partial charge in [-0.05, 0) is 52.8 Å². The molecule has 2 amide bonds. The fourth-order valence-electron chi connectivity index (χ4n) is 3.32. The SMILES string of the molecule is COC(C)(C)CC1(C)OB(CNC(=O)CNC(=O)c2cc(Cl)ccc2Cl)OC1(C)C. The van der Waals surface area contributed by atoms with Crippen LogP contribution in [0.15, 0.2) is 18.2 Å². The molecule has 2 N–H and O–H groups in total. The molecule has 1 aliphatic heterocycles. The predicted octanol–water partition coefficient (Wildman–Crippen LogP) is 3.27. The van der Waals surface area contributed by atoms with E-state index in [1.165, 1.54) is 12.1 Å². The van der Waals surface area contributed by atoms with Gasteiger partial charge in [-0.15, -0.1) is 0 Å². The van der Waals surface area contributed by atoms with Crippen LogP contribution in [0.1, 0.15) is 51.4 Å². The third-order valence-corrected chi connectivity index (χ3v) is 6.02. The number of rotatable bonds is 8. The smallest absolute Gasteiger partial charge is 0.402 e. The molecule has 0 aromatic heterocycles. The van der Waals surface area contributed by atoms with Crippen LogP contribution in [0.2, 0.25) is 10.0 Å². The van der Waals surface area contributed by atoms with Gasteiger partial charge < -0.3 is 24.7 Å². The van der Waals surface area contributed by atoms with Crippen molar-refractivity contribution in [2.75, 3.05) is 20.1 Å². The van der Waals surface area contributed by atoms with E-state index in [4.69, 9.17) is 37.2 Å². The van der Waals surface area contributed by atoms with Crippen LogP contribution in [-0.4, -0.2) is 55.8 Å². The molecule has 7 nitrogen and oxygen atoms in total. The van der Waals surface area contributed by atoms with E-state index >= 15 is 0 Å². The van der Waals surface area contributed by atoms with Crippen LogP contribution in [0.3, 0.4) is 0 Å². The maximum absolute atomic E-state index is 12.2. The van der Waals surface area contributed by atoms with E-state index in [1.807, 2.05) is 34.6 Å². The third kappa shape index (κ3) is 6.11. The van der Waals surface area contributed by atoms with Gasteiger partial charge >= 0.3 is 7.12 Å². The summed E-state index contributed by atoms with van der Waals surface area (Å²) in [5.41, 5.74) is -1.35. The average molecular weight is 459 g/mol. The summed E-state index contributed by atoms with van der Waals surface area (Å²) < 4.78 is 17.7. The lowest BCUT2D eigenvalue weighted by Gasteiger charge is -2.41. The Balaban J connectivity index is 1.86. The maximum atomic E-state index is 12.2. The van der Waals surface area contributed by atoms with E-state index in [9.17, 15) is 9.59 Å². The zero-order valence-corrected chi connectivity index (χ0v) is 19.7. The number of nitrogens with one attached hydrogen (secondary N) is 2. The van der Waals surface area contributed by atoms with Crippen LogP contribution in [0.5, 0.6) is 0 Å². The highest BCUT2D eigenvalue weighted by molar-refractivity contribution is 6.46. The first-order chi connectivity index (χ1) is 13.8. The van der Waals surface area contributed by atoms with Crippen molar-refractivity contribution in [3.8, 4) is 0 Å². The second-order valence-electron chi connectivity index (χ2n) is 8.66. The Labute approximate surface area is 188 Å². The molecular formula is C20H29BCl2N2O5. The van der Waals surface area contributed by atoms with Gasteiger partial charge in [0.05, 0.1) is 40.4 Å². The minimum atomic E-state index is -0.611. The monoisotopic (exact) mass is 458 g/mol. The van der Waals surface area contributed by atoms with Crippen molar-refractivity contribution >= 4 is 42.1 Å². The molecule has 0 aliphatic carbocycles. The molecule has 1 heterocycles.